The minimum atomic E-state index is -0.325. The van der Waals surface area contributed by atoms with Crippen molar-refractivity contribution >= 4 is 23.2 Å². The molecule has 2 fully saturated rings. The third kappa shape index (κ3) is 6.37. The van der Waals surface area contributed by atoms with Gasteiger partial charge in [0.1, 0.15) is 5.82 Å². The Balaban J connectivity index is 1.30. The number of anilines is 2. The van der Waals surface area contributed by atoms with Crippen LogP contribution in [-0.4, -0.2) is 42.9 Å². The van der Waals surface area contributed by atoms with Gasteiger partial charge in [0.05, 0.1) is 12.0 Å². The molecule has 2 heterocycles. The van der Waals surface area contributed by atoms with Crippen molar-refractivity contribution < 1.29 is 14.0 Å². The number of hydrogen-bond donors (Lipinski definition) is 1. The molecule has 0 aromatic heterocycles. The van der Waals surface area contributed by atoms with Crippen LogP contribution in [0.15, 0.2) is 72.8 Å². The van der Waals surface area contributed by atoms with E-state index in [-0.39, 0.29) is 24.1 Å². The molecule has 2 aliphatic rings. The van der Waals surface area contributed by atoms with Gasteiger partial charge in [-0.15, -0.1) is 0 Å². The lowest BCUT2D eigenvalue weighted by molar-refractivity contribution is -0.115. The molecule has 0 aliphatic carbocycles. The van der Waals surface area contributed by atoms with Crippen LogP contribution in [0.5, 0.6) is 0 Å². The molecule has 0 atom stereocenters. The van der Waals surface area contributed by atoms with E-state index in [2.05, 4.69) is 40.5 Å². The summed E-state index contributed by atoms with van der Waals surface area (Å²) in [5.41, 5.74) is 4.33. The summed E-state index contributed by atoms with van der Waals surface area (Å²) in [5, 5.41) is 2.93. The summed E-state index contributed by atoms with van der Waals surface area (Å²) in [4.78, 5) is 30.4. The van der Waals surface area contributed by atoms with Crippen LogP contribution in [0.1, 0.15) is 47.2 Å². The van der Waals surface area contributed by atoms with Gasteiger partial charge in [0.15, 0.2) is 0 Å². The Morgan fingerprint density at radius 1 is 0.838 bits per heavy atom. The summed E-state index contributed by atoms with van der Waals surface area (Å²) >= 11 is 0. The van der Waals surface area contributed by atoms with Crippen LogP contribution >= 0.6 is 0 Å². The third-order valence-corrected chi connectivity index (χ3v) is 7.50. The molecule has 2 saturated heterocycles. The maximum absolute atomic E-state index is 13.5. The quantitative estimate of drug-likeness (QED) is 0.454. The zero-order chi connectivity index (χ0) is 25.6. The first-order chi connectivity index (χ1) is 18.0. The van der Waals surface area contributed by atoms with Crippen LogP contribution in [0.25, 0.3) is 0 Å². The predicted octanol–water partition coefficient (Wildman–Crippen LogP) is 5.70. The molecule has 3 aromatic carbocycles. The molecule has 192 valence electrons. The minimum absolute atomic E-state index is 0.0357. The molecule has 2 aliphatic heterocycles. The molecule has 37 heavy (non-hydrogen) atoms. The molecule has 0 unspecified atom stereocenters. The highest BCUT2D eigenvalue weighted by atomic mass is 19.1. The lowest BCUT2D eigenvalue weighted by Crippen LogP contribution is -2.36. The van der Waals surface area contributed by atoms with Crippen molar-refractivity contribution in [1.29, 1.82) is 0 Å². The summed E-state index contributed by atoms with van der Waals surface area (Å²) in [5.74, 6) is 0.157. The van der Waals surface area contributed by atoms with Gasteiger partial charge in [0.25, 0.3) is 5.91 Å². The van der Waals surface area contributed by atoms with Crippen LogP contribution in [0.3, 0.4) is 0 Å². The van der Waals surface area contributed by atoms with E-state index in [1.807, 2.05) is 23.1 Å². The van der Waals surface area contributed by atoms with Crippen molar-refractivity contribution in [3.05, 3.63) is 95.3 Å². The Morgan fingerprint density at radius 2 is 1.54 bits per heavy atom. The van der Waals surface area contributed by atoms with E-state index in [0.29, 0.717) is 17.2 Å². The van der Waals surface area contributed by atoms with Gasteiger partial charge in [0, 0.05) is 37.6 Å². The first-order valence-corrected chi connectivity index (χ1v) is 13.3. The van der Waals surface area contributed by atoms with E-state index in [1.54, 1.807) is 12.1 Å². The van der Waals surface area contributed by atoms with Gasteiger partial charge in [-0.3, -0.25) is 9.59 Å². The second-order valence-electron chi connectivity index (χ2n) is 10.2. The topological polar surface area (TPSA) is 52.7 Å². The van der Waals surface area contributed by atoms with Crippen LogP contribution in [0.2, 0.25) is 0 Å². The number of benzene rings is 3. The molecule has 3 aromatic rings. The molecule has 0 spiro atoms. The Labute approximate surface area is 218 Å². The van der Waals surface area contributed by atoms with Gasteiger partial charge >= 0.3 is 0 Å². The van der Waals surface area contributed by atoms with Crippen LogP contribution in [0.4, 0.5) is 15.8 Å². The number of likely N-dealkylation sites (tertiary alicyclic amines) is 1. The predicted molar refractivity (Wildman–Crippen MR) is 145 cm³/mol. The van der Waals surface area contributed by atoms with E-state index in [9.17, 15) is 14.0 Å². The van der Waals surface area contributed by atoms with Gasteiger partial charge in [-0.05, 0) is 79.5 Å². The zero-order valence-corrected chi connectivity index (χ0v) is 21.2. The molecule has 0 radical (unpaired) electrons. The van der Waals surface area contributed by atoms with E-state index < -0.39 is 0 Å². The number of carbonyl (C=O) groups excluding carboxylic acids is 2. The maximum atomic E-state index is 13.5. The van der Waals surface area contributed by atoms with Crippen LogP contribution in [0, 0.1) is 11.7 Å². The highest BCUT2D eigenvalue weighted by Gasteiger charge is 2.27. The highest BCUT2D eigenvalue weighted by Crippen LogP contribution is 2.31. The lowest BCUT2D eigenvalue weighted by Gasteiger charge is -2.35. The summed E-state index contributed by atoms with van der Waals surface area (Å²) < 4.78 is 13.2. The molecule has 5 nitrogen and oxygen atoms in total. The van der Waals surface area contributed by atoms with Crippen LogP contribution < -0.4 is 10.2 Å². The van der Waals surface area contributed by atoms with Gasteiger partial charge < -0.3 is 15.1 Å². The van der Waals surface area contributed by atoms with Crippen molar-refractivity contribution in [2.24, 2.45) is 5.92 Å². The number of nitrogens with zero attached hydrogens (tertiary/aromatic N) is 2. The van der Waals surface area contributed by atoms with Crippen LogP contribution in [-0.2, 0) is 17.6 Å². The average molecular weight is 500 g/mol. The second-order valence-corrected chi connectivity index (χ2v) is 10.2. The fourth-order valence-corrected chi connectivity index (χ4v) is 5.47. The summed E-state index contributed by atoms with van der Waals surface area (Å²) in [6, 6.07) is 22.3. The average Bonchev–Trinajstić information content (AvgIpc) is 3.46. The Kier molecular flexibility index (Phi) is 7.83. The molecule has 0 saturated carbocycles. The van der Waals surface area contributed by atoms with Crippen molar-refractivity contribution in [2.75, 3.05) is 36.4 Å². The summed E-state index contributed by atoms with van der Waals surface area (Å²) in [6.45, 7) is 3.37. The number of hydrogen-bond acceptors (Lipinski definition) is 3. The third-order valence-electron chi connectivity index (χ3n) is 7.50. The normalized spacial score (nSPS) is 16.1. The monoisotopic (exact) mass is 499 g/mol. The summed E-state index contributed by atoms with van der Waals surface area (Å²) in [7, 11) is 0. The van der Waals surface area contributed by atoms with Gasteiger partial charge in [-0.1, -0.05) is 42.5 Å². The van der Waals surface area contributed by atoms with Gasteiger partial charge in [0.2, 0.25) is 5.91 Å². The SMILES string of the molecule is O=C(Cc1ccc(F)cc1)Nc1ccc(N2CCC(Cc3ccccc3)CC2)c(C(=O)N2CCCC2)c1. The number of halogens is 1. The standard InChI is InChI=1S/C31H34FN3O2/c32-26-10-8-24(9-11-26)21-30(36)33-27-12-13-29(28(22-27)31(37)35-16-4-5-17-35)34-18-14-25(15-19-34)20-23-6-2-1-3-7-23/h1-3,6-13,22,25H,4-5,14-21H2,(H,33,36). The molecule has 5 rings (SSSR count). The molecule has 6 heteroatoms. The molecule has 2 amide bonds. The molecule has 1 N–H and O–H groups in total. The van der Waals surface area contributed by atoms with Crippen molar-refractivity contribution in [3.63, 3.8) is 0 Å². The summed E-state index contributed by atoms with van der Waals surface area (Å²) in [6.07, 6.45) is 5.46. The largest absolute Gasteiger partial charge is 0.371 e. The highest BCUT2D eigenvalue weighted by molar-refractivity contribution is 6.02. The van der Waals surface area contributed by atoms with Crippen molar-refractivity contribution in [3.8, 4) is 0 Å². The Hall–Kier alpha value is -3.67. The second kappa shape index (κ2) is 11.6. The number of carbonyl (C=O) groups is 2. The Morgan fingerprint density at radius 3 is 2.24 bits per heavy atom. The number of amides is 2. The minimum Gasteiger partial charge on any atom is -0.371 e. The van der Waals surface area contributed by atoms with Gasteiger partial charge in [-0.2, -0.15) is 0 Å². The molecular formula is C31H34FN3O2. The first-order valence-electron chi connectivity index (χ1n) is 13.3. The van der Waals surface area contributed by atoms with E-state index >= 15 is 0 Å². The number of rotatable bonds is 7. The Bertz CT molecular complexity index is 1210. The fraction of sp³-hybridized carbons (Fsp3) is 0.355. The zero-order valence-electron chi connectivity index (χ0n) is 21.2. The van der Waals surface area contributed by atoms with E-state index in [4.69, 9.17) is 0 Å². The number of nitrogens with one attached hydrogen (secondary N) is 1. The smallest absolute Gasteiger partial charge is 0.256 e. The van der Waals surface area contributed by atoms with Crippen molar-refractivity contribution in [2.45, 2.75) is 38.5 Å². The number of piperidine rings is 1. The fourth-order valence-electron chi connectivity index (χ4n) is 5.47. The van der Waals surface area contributed by atoms with E-state index in [1.165, 1.54) is 17.7 Å². The first kappa shape index (κ1) is 25.0. The molecule has 0 bridgehead atoms. The molecular weight excluding hydrogens is 465 g/mol. The van der Waals surface area contributed by atoms with Crippen molar-refractivity contribution in [1.82, 2.24) is 4.90 Å². The lowest BCUT2D eigenvalue weighted by atomic mass is 9.89. The maximum Gasteiger partial charge on any atom is 0.256 e. The van der Waals surface area contributed by atoms with E-state index in [0.717, 1.165) is 69.5 Å². The van der Waals surface area contributed by atoms with Gasteiger partial charge in [-0.25, -0.2) is 4.39 Å².